The highest BCUT2D eigenvalue weighted by Crippen LogP contribution is 2.19. The topological polar surface area (TPSA) is 118 Å². The number of ether oxygens (including phenoxy) is 3. The fraction of sp³-hybridized carbons (Fsp3) is 0.231. The number of hydrogen-bond donors (Lipinski definition) is 3. The average molecular weight is 466 g/mol. The van der Waals surface area contributed by atoms with Gasteiger partial charge in [0.2, 0.25) is 0 Å². The standard InChI is InChI=1S/C26H27NO7/c1-32-24(26(29)30)17-18-3-11-22(12-4-18)33-15-2-16-34-23-13-7-20(8-14-23)25(27-31)19-5-9-21(28)10-6-19/h3-14,24,28,31H,2,15-17H2,1H3,(H,29,30)/t24-/m0/s1. The molecule has 3 aromatic rings. The lowest BCUT2D eigenvalue weighted by atomic mass is 10.0. The summed E-state index contributed by atoms with van der Waals surface area (Å²) in [4.78, 5) is 11.1. The molecule has 0 aliphatic heterocycles. The molecule has 8 nitrogen and oxygen atoms in total. The van der Waals surface area contributed by atoms with Crippen LogP contribution in [0.25, 0.3) is 0 Å². The summed E-state index contributed by atoms with van der Waals surface area (Å²) in [5, 5.41) is 31.3. The smallest absolute Gasteiger partial charge is 0.333 e. The van der Waals surface area contributed by atoms with Crippen molar-refractivity contribution in [3.05, 3.63) is 89.5 Å². The largest absolute Gasteiger partial charge is 0.508 e. The van der Waals surface area contributed by atoms with Crippen molar-refractivity contribution in [1.82, 2.24) is 0 Å². The van der Waals surface area contributed by atoms with Gasteiger partial charge < -0.3 is 29.6 Å². The molecule has 0 heterocycles. The lowest BCUT2D eigenvalue weighted by molar-refractivity contribution is -0.148. The Morgan fingerprint density at radius 2 is 1.35 bits per heavy atom. The molecular weight excluding hydrogens is 438 g/mol. The average Bonchev–Trinajstić information content (AvgIpc) is 2.85. The number of carboxylic acid groups (broad SMARTS) is 1. The number of benzene rings is 3. The Bertz CT molecular complexity index is 1080. The van der Waals surface area contributed by atoms with E-state index in [4.69, 9.17) is 19.3 Å². The monoisotopic (exact) mass is 465 g/mol. The van der Waals surface area contributed by atoms with Crippen LogP contribution in [0.5, 0.6) is 17.2 Å². The van der Waals surface area contributed by atoms with Gasteiger partial charge in [-0.05, 0) is 66.2 Å². The number of oxime groups is 1. The number of carbonyl (C=O) groups is 1. The molecule has 34 heavy (non-hydrogen) atoms. The number of rotatable bonds is 12. The first-order chi connectivity index (χ1) is 16.5. The van der Waals surface area contributed by atoms with E-state index in [1.807, 2.05) is 12.1 Å². The molecule has 0 aromatic heterocycles. The van der Waals surface area contributed by atoms with Crippen molar-refractivity contribution in [2.45, 2.75) is 18.9 Å². The van der Waals surface area contributed by atoms with Gasteiger partial charge in [-0.15, -0.1) is 0 Å². The zero-order valence-corrected chi connectivity index (χ0v) is 18.8. The molecule has 0 fully saturated rings. The summed E-state index contributed by atoms with van der Waals surface area (Å²) in [6.07, 6.45) is 0.0954. The summed E-state index contributed by atoms with van der Waals surface area (Å²) in [5.74, 6) is 0.531. The quantitative estimate of drug-likeness (QED) is 0.159. The molecule has 0 spiro atoms. The Balaban J connectivity index is 1.42. The van der Waals surface area contributed by atoms with Crippen LogP contribution in [0.4, 0.5) is 0 Å². The Morgan fingerprint density at radius 3 is 1.82 bits per heavy atom. The minimum Gasteiger partial charge on any atom is -0.508 e. The molecule has 8 heteroatoms. The van der Waals surface area contributed by atoms with E-state index in [2.05, 4.69) is 5.16 Å². The molecule has 178 valence electrons. The molecule has 0 aliphatic rings. The van der Waals surface area contributed by atoms with Crippen LogP contribution < -0.4 is 9.47 Å². The van der Waals surface area contributed by atoms with Crippen molar-refractivity contribution in [3.63, 3.8) is 0 Å². The summed E-state index contributed by atoms with van der Waals surface area (Å²) < 4.78 is 16.4. The van der Waals surface area contributed by atoms with Crippen LogP contribution >= 0.6 is 0 Å². The summed E-state index contributed by atoms with van der Waals surface area (Å²) >= 11 is 0. The second-order valence-electron chi connectivity index (χ2n) is 7.48. The van der Waals surface area contributed by atoms with Crippen LogP contribution in [-0.4, -0.2) is 53.5 Å². The first kappa shape index (κ1) is 24.6. The Morgan fingerprint density at radius 1 is 0.853 bits per heavy atom. The van der Waals surface area contributed by atoms with Gasteiger partial charge in [-0.2, -0.15) is 0 Å². The normalized spacial score (nSPS) is 12.2. The van der Waals surface area contributed by atoms with E-state index in [0.29, 0.717) is 54.4 Å². The lowest BCUT2D eigenvalue weighted by Crippen LogP contribution is -2.24. The van der Waals surface area contributed by atoms with Gasteiger partial charge >= 0.3 is 5.97 Å². The SMILES string of the molecule is CO[C@@H](Cc1ccc(OCCCOc2ccc(C(=NO)c3ccc(O)cc3)cc2)cc1)C(=O)O. The number of aromatic hydroxyl groups is 1. The summed E-state index contributed by atoms with van der Waals surface area (Å²) in [6.45, 7) is 0.930. The number of phenolic OH excluding ortho intramolecular Hbond substituents is 1. The van der Waals surface area contributed by atoms with E-state index in [1.54, 1.807) is 48.5 Å². The molecule has 0 bridgehead atoms. The number of aliphatic carboxylic acids is 1. The highest BCUT2D eigenvalue weighted by molar-refractivity contribution is 6.12. The van der Waals surface area contributed by atoms with Crippen LogP contribution in [0.1, 0.15) is 23.1 Å². The van der Waals surface area contributed by atoms with Crippen LogP contribution in [0.3, 0.4) is 0 Å². The van der Waals surface area contributed by atoms with Gasteiger partial charge in [-0.3, -0.25) is 0 Å². The maximum atomic E-state index is 11.1. The van der Waals surface area contributed by atoms with Gasteiger partial charge in [0.1, 0.15) is 23.0 Å². The van der Waals surface area contributed by atoms with Crippen molar-refractivity contribution in [1.29, 1.82) is 0 Å². The van der Waals surface area contributed by atoms with Crippen molar-refractivity contribution >= 4 is 11.7 Å². The minimum atomic E-state index is -0.989. The molecule has 1 atom stereocenters. The Hall–Kier alpha value is -4.04. The highest BCUT2D eigenvalue weighted by Gasteiger charge is 2.16. The zero-order chi connectivity index (χ0) is 24.3. The maximum absolute atomic E-state index is 11.1. The predicted octanol–water partition coefficient (Wildman–Crippen LogP) is 4.11. The first-order valence-corrected chi connectivity index (χ1v) is 10.7. The molecule has 0 radical (unpaired) electrons. The van der Waals surface area contributed by atoms with E-state index < -0.39 is 12.1 Å². The number of methoxy groups -OCH3 is 1. The van der Waals surface area contributed by atoms with Crippen molar-refractivity contribution < 1.29 is 34.4 Å². The summed E-state index contributed by atoms with van der Waals surface area (Å²) in [6, 6.07) is 20.9. The van der Waals surface area contributed by atoms with Gasteiger partial charge in [0.05, 0.1) is 13.2 Å². The third-order valence-electron chi connectivity index (χ3n) is 5.10. The Kier molecular flexibility index (Phi) is 8.88. The zero-order valence-electron chi connectivity index (χ0n) is 18.8. The maximum Gasteiger partial charge on any atom is 0.333 e. The predicted molar refractivity (Wildman–Crippen MR) is 126 cm³/mol. The van der Waals surface area contributed by atoms with E-state index in [1.165, 1.54) is 19.2 Å². The molecule has 0 unspecified atom stereocenters. The second-order valence-corrected chi connectivity index (χ2v) is 7.48. The number of nitrogens with zero attached hydrogens (tertiary/aromatic N) is 1. The molecule has 3 N–H and O–H groups in total. The third kappa shape index (κ3) is 6.98. The van der Waals surface area contributed by atoms with Gasteiger partial charge in [-0.25, -0.2) is 4.79 Å². The van der Waals surface area contributed by atoms with E-state index in [0.717, 1.165) is 5.56 Å². The summed E-state index contributed by atoms with van der Waals surface area (Å²) in [7, 11) is 1.38. The van der Waals surface area contributed by atoms with Crippen LogP contribution in [-0.2, 0) is 16.0 Å². The third-order valence-corrected chi connectivity index (χ3v) is 5.10. The van der Waals surface area contributed by atoms with E-state index in [-0.39, 0.29) is 5.75 Å². The Labute approximate surface area is 197 Å². The van der Waals surface area contributed by atoms with E-state index in [9.17, 15) is 15.1 Å². The molecule has 0 aliphatic carbocycles. The fourth-order valence-electron chi connectivity index (χ4n) is 3.26. The fourth-order valence-corrected chi connectivity index (χ4v) is 3.26. The number of phenols is 1. The van der Waals surface area contributed by atoms with Crippen molar-refractivity contribution in [2.24, 2.45) is 5.16 Å². The highest BCUT2D eigenvalue weighted by atomic mass is 16.5. The van der Waals surface area contributed by atoms with Crippen molar-refractivity contribution in [2.75, 3.05) is 20.3 Å². The van der Waals surface area contributed by atoms with Gasteiger partial charge in [0.25, 0.3) is 0 Å². The van der Waals surface area contributed by atoms with E-state index >= 15 is 0 Å². The molecular formula is C26H27NO7. The molecule has 3 rings (SSSR count). The first-order valence-electron chi connectivity index (χ1n) is 10.7. The second kappa shape index (κ2) is 12.3. The minimum absolute atomic E-state index is 0.140. The molecule has 0 saturated heterocycles. The van der Waals surface area contributed by atoms with Gasteiger partial charge in [0, 0.05) is 31.1 Å². The van der Waals surface area contributed by atoms with Crippen LogP contribution in [0.2, 0.25) is 0 Å². The molecule has 0 saturated carbocycles. The number of carboxylic acids is 1. The lowest BCUT2D eigenvalue weighted by Gasteiger charge is -2.11. The number of hydrogen-bond acceptors (Lipinski definition) is 7. The van der Waals surface area contributed by atoms with Gasteiger partial charge in [-0.1, -0.05) is 17.3 Å². The van der Waals surface area contributed by atoms with Crippen LogP contribution in [0.15, 0.2) is 78.0 Å². The van der Waals surface area contributed by atoms with Gasteiger partial charge in [0.15, 0.2) is 6.10 Å². The summed E-state index contributed by atoms with van der Waals surface area (Å²) in [5.41, 5.74) is 2.65. The molecule has 3 aromatic carbocycles. The molecule has 0 amide bonds. The van der Waals surface area contributed by atoms with Crippen molar-refractivity contribution in [3.8, 4) is 17.2 Å². The van der Waals surface area contributed by atoms with Crippen LogP contribution in [0, 0.1) is 0 Å².